The molecule has 0 bridgehead atoms. The molecule has 0 fully saturated rings. The van der Waals surface area contributed by atoms with Crippen molar-refractivity contribution in [3.63, 3.8) is 0 Å². The van der Waals surface area contributed by atoms with E-state index in [9.17, 15) is 4.79 Å². The Labute approximate surface area is 55.4 Å². The van der Waals surface area contributed by atoms with Crippen LogP contribution in [0.5, 0.6) is 0 Å². The van der Waals surface area contributed by atoms with E-state index >= 15 is 0 Å². The summed E-state index contributed by atoms with van der Waals surface area (Å²) in [5.41, 5.74) is 10.3. The van der Waals surface area contributed by atoms with E-state index in [1.807, 2.05) is 13.8 Å². The maximum Gasteiger partial charge on any atom is 0.234 e. The second-order valence-corrected chi connectivity index (χ2v) is 2.31. The van der Waals surface area contributed by atoms with Crippen molar-refractivity contribution in [2.45, 2.75) is 26.3 Å². The first kappa shape index (κ1) is 8.43. The highest BCUT2D eigenvalue weighted by atomic mass is 16.1. The molecule has 0 radical (unpaired) electrons. The molecule has 1 unspecified atom stereocenters. The molecule has 0 aromatic heterocycles. The minimum absolute atomic E-state index is 0.197. The first-order chi connectivity index (χ1) is 4.09. The first-order valence-corrected chi connectivity index (χ1v) is 3.14. The van der Waals surface area contributed by atoms with Crippen LogP contribution >= 0.6 is 0 Å². The van der Waals surface area contributed by atoms with Crippen LogP contribution in [-0.2, 0) is 4.79 Å². The summed E-state index contributed by atoms with van der Waals surface area (Å²) >= 11 is 0. The highest BCUT2D eigenvalue weighted by Gasteiger charge is 2.15. The fourth-order valence-electron chi connectivity index (χ4n) is 0.534. The average molecular weight is 130 g/mol. The lowest BCUT2D eigenvalue weighted by Crippen LogP contribution is -2.41. The summed E-state index contributed by atoms with van der Waals surface area (Å²) in [5.74, 6) is -0.216. The van der Waals surface area contributed by atoms with Gasteiger partial charge in [0.2, 0.25) is 5.91 Å². The van der Waals surface area contributed by atoms with Gasteiger partial charge in [0.25, 0.3) is 0 Å². The van der Waals surface area contributed by atoms with Gasteiger partial charge in [-0.25, -0.2) is 0 Å². The van der Waals surface area contributed by atoms with Crippen LogP contribution in [0.4, 0.5) is 0 Å². The zero-order valence-electron chi connectivity index (χ0n) is 5.92. The van der Waals surface area contributed by atoms with Crippen molar-refractivity contribution in [1.29, 1.82) is 0 Å². The Kier molecular flexibility index (Phi) is 3.24. The lowest BCUT2D eigenvalue weighted by Gasteiger charge is -2.13. The normalized spacial score (nSPS) is 16.8. The SMILES string of the molecule is CC[C@H](C)C(N)C(N)=O. The molecule has 0 rings (SSSR count). The molecule has 0 saturated carbocycles. The number of hydrogen-bond donors (Lipinski definition) is 2. The number of nitrogens with two attached hydrogens (primary N) is 2. The maximum absolute atomic E-state index is 10.4. The highest BCUT2D eigenvalue weighted by molar-refractivity contribution is 5.79. The molecule has 0 spiro atoms. The zero-order chi connectivity index (χ0) is 7.44. The molecule has 0 aromatic rings. The smallest absolute Gasteiger partial charge is 0.234 e. The Morgan fingerprint density at radius 3 is 2.22 bits per heavy atom. The molecular formula is C6H14N2O. The second kappa shape index (κ2) is 3.45. The van der Waals surface area contributed by atoms with Crippen LogP contribution in [0.15, 0.2) is 0 Å². The van der Waals surface area contributed by atoms with Gasteiger partial charge < -0.3 is 11.5 Å². The minimum Gasteiger partial charge on any atom is -0.368 e. The third kappa shape index (κ3) is 2.46. The molecule has 3 heteroatoms. The van der Waals surface area contributed by atoms with Crippen LogP contribution in [0.2, 0.25) is 0 Å². The third-order valence-electron chi connectivity index (χ3n) is 1.59. The highest BCUT2D eigenvalue weighted by Crippen LogP contribution is 2.03. The van der Waals surface area contributed by atoms with Crippen LogP contribution in [0, 0.1) is 5.92 Å². The standard InChI is InChI=1S/C6H14N2O/c1-3-4(2)5(7)6(8)9/h4-5H,3,7H2,1-2H3,(H2,8,9)/t4-,5?/m0/s1. The molecule has 3 nitrogen and oxygen atoms in total. The van der Waals surface area contributed by atoms with Gasteiger partial charge in [-0.2, -0.15) is 0 Å². The second-order valence-electron chi connectivity index (χ2n) is 2.31. The number of carbonyl (C=O) groups excluding carboxylic acids is 1. The largest absolute Gasteiger partial charge is 0.368 e. The van der Waals surface area contributed by atoms with E-state index in [-0.39, 0.29) is 5.92 Å². The average Bonchev–Trinajstić information content (AvgIpc) is 1.84. The molecule has 9 heavy (non-hydrogen) atoms. The van der Waals surface area contributed by atoms with Gasteiger partial charge in [-0.05, 0) is 5.92 Å². The van der Waals surface area contributed by atoms with Gasteiger partial charge in [-0.3, -0.25) is 4.79 Å². The Bertz CT molecular complexity index is 103. The quantitative estimate of drug-likeness (QED) is 0.557. The number of rotatable bonds is 3. The predicted octanol–water partition coefficient (Wildman–Crippen LogP) is -0.155. The van der Waals surface area contributed by atoms with Gasteiger partial charge in [0.1, 0.15) is 0 Å². The summed E-state index contributed by atoms with van der Waals surface area (Å²) < 4.78 is 0. The Balaban J connectivity index is 3.72. The zero-order valence-corrected chi connectivity index (χ0v) is 5.92. The van der Waals surface area contributed by atoms with Crippen LogP contribution in [0.25, 0.3) is 0 Å². The monoisotopic (exact) mass is 130 g/mol. The summed E-state index contributed by atoms with van der Waals surface area (Å²) in [6, 6.07) is -0.477. The molecule has 0 heterocycles. The van der Waals surface area contributed by atoms with Gasteiger partial charge in [0.15, 0.2) is 0 Å². The number of primary amides is 1. The molecule has 0 aliphatic heterocycles. The van der Waals surface area contributed by atoms with Crippen molar-refractivity contribution in [2.75, 3.05) is 0 Å². The van der Waals surface area contributed by atoms with Crippen LogP contribution in [0.1, 0.15) is 20.3 Å². The molecule has 4 N–H and O–H groups in total. The van der Waals surface area contributed by atoms with Crippen LogP contribution in [0.3, 0.4) is 0 Å². The number of carbonyl (C=O) groups is 1. The molecule has 0 aliphatic rings. The van der Waals surface area contributed by atoms with Crippen molar-refractivity contribution >= 4 is 5.91 Å². The Morgan fingerprint density at radius 2 is 2.11 bits per heavy atom. The van der Waals surface area contributed by atoms with Gasteiger partial charge in [-0.15, -0.1) is 0 Å². The molecular weight excluding hydrogens is 116 g/mol. The first-order valence-electron chi connectivity index (χ1n) is 3.14. The molecule has 54 valence electrons. The van der Waals surface area contributed by atoms with E-state index in [1.165, 1.54) is 0 Å². The summed E-state index contributed by atoms with van der Waals surface area (Å²) in [4.78, 5) is 10.4. The van der Waals surface area contributed by atoms with E-state index < -0.39 is 11.9 Å². The van der Waals surface area contributed by atoms with Crippen molar-refractivity contribution in [3.8, 4) is 0 Å². The number of hydrogen-bond acceptors (Lipinski definition) is 2. The van der Waals surface area contributed by atoms with E-state index in [0.717, 1.165) is 6.42 Å². The van der Waals surface area contributed by atoms with E-state index in [0.29, 0.717) is 0 Å². The maximum atomic E-state index is 10.4. The summed E-state index contributed by atoms with van der Waals surface area (Å²) in [7, 11) is 0. The summed E-state index contributed by atoms with van der Waals surface area (Å²) in [6.07, 6.45) is 0.893. The lowest BCUT2D eigenvalue weighted by molar-refractivity contribution is -0.120. The molecule has 0 aliphatic carbocycles. The minimum atomic E-state index is -0.477. The van der Waals surface area contributed by atoms with Crippen molar-refractivity contribution in [1.82, 2.24) is 0 Å². The fraction of sp³-hybridized carbons (Fsp3) is 0.833. The van der Waals surface area contributed by atoms with Crippen molar-refractivity contribution < 1.29 is 4.79 Å². The predicted molar refractivity (Wildman–Crippen MR) is 36.6 cm³/mol. The van der Waals surface area contributed by atoms with Crippen molar-refractivity contribution in [3.05, 3.63) is 0 Å². The van der Waals surface area contributed by atoms with E-state index in [1.54, 1.807) is 0 Å². The third-order valence-corrected chi connectivity index (χ3v) is 1.59. The van der Waals surface area contributed by atoms with Crippen LogP contribution in [-0.4, -0.2) is 11.9 Å². The fourth-order valence-corrected chi connectivity index (χ4v) is 0.534. The topological polar surface area (TPSA) is 69.1 Å². The Morgan fingerprint density at radius 1 is 1.67 bits per heavy atom. The molecule has 0 aromatic carbocycles. The van der Waals surface area contributed by atoms with Crippen molar-refractivity contribution in [2.24, 2.45) is 17.4 Å². The molecule has 0 saturated heterocycles. The summed E-state index contributed by atoms with van der Waals surface area (Å²) in [6.45, 7) is 3.89. The van der Waals surface area contributed by atoms with Gasteiger partial charge >= 0.3 is 0 Å². The number of amides is 1. The Hall–Kier alpha value is -0.570. The van der Waals surface area contributed by atoms with E-state index in [2.05, 4.69) is 0 Å². The summed E-state index contributed by atoms with van der Waals surface area (Å²) in [5, 5.41) is 0. The molecule has 1 amide bonds. The lowest BCUT2D eigenvalue weighted by atomic mass is 10.00. The van der Waals surface area contributed by atoms with Gasteiger partial charge in [-0.1, -0.05) is 20.3 Å². The van der Waals surface area contributed by atoms with Crippen LogP contribution < -0.4 is 11.5 Å². The molecule has 2 atom stereocenters. The van der Waals surface area contributed by atoms with Gasteiger partial charge in [0.05, 0.1) is 6.04 Å². The van der Waals surface area contributed by atoms with E-state index in [4.69, 9.17) is 11.5 Å². The van der Waals surface area contributed by atoms with Gasteiger partial charge in [0, 0.05) is 0 Å².